The molecule has 2 aromatic heterocycles. The summed E-state index contributed by atoms with van der Waals surface area (Å²) in [5.74, 6) is -0.0380. The van der Waals surface area contributed by atoms with Crippen LogP contribution in [0.25, 0.3) is 22.2 Å². The Kier molecular flexibility index (Phi) is 3.97. The Morgan fingerprint density at radius 1 is 1.07 bits per heavy atom. The van der Waals surface area contributed by atoms with Crippen molar-refractivity contribution in [1.29, 1.82) is 0 Å². The fourth-order valence-electron chi connectivity index (χ4n) is 3.78. The number of para-hydroxylation sites is 1. The van der Waals surface area contributed by atoms with E-state index in [0.29, 0.717) is 18.8 Å². The van der Waals surface area contributed by atoms with Crippen molar-refractivity contribution < 1.29 is 4.79 Å². The third-order valence-corrected chi connectivity index (χ3v) is 5.32. The first kappa shape index (κ1) is 16.7. The van der Waals surface area contributed by atoms with Crippen LogP contribution < -0.4 is 0 Å². The van der Waals surface area contributed by atoms with Gasteiger partial charge in [0.15, 0.2) is 5.69 Å². The molecule has 5 rings (SSSR count). The molecule has 0 saturated carbocycles. The van der Waals surface area contributed by atoms with E-state index in [4.69, 9.17) is 5.10 Å². The molecule has 1 N–H and O–H groups in total. The highest BCUT2D eigenvalue weighted by Crippen LogP contribution is 2.24. The lowest BCUT2D eigenvalue weighted by Crippen LogP contribution is -2.31. The van der Waals surface area contributed by atoms with Crippen LogP contribution in [0, 0.1) is 6.92 Å². The maximum atomic E-state index is 13.2. The second-order valence-corrected chi connectivity index (χ2v) is 7.31. The van der Waals surface area contributed by atoms with Crippen molar-refractivity contribution in [2.45, 2.75) is 26.4 Å². The second-order valence-electron chi connectivity index (χ2n) is 7.31. The van der Waals surface area contributed by atoms with Gasteiger partial charge in [0.25, 0.3) is 5.91 Å². The van der Waals surface area contributed by atoms with Gasteiger partial charge in [0, 0.05) is 24.0 Å². The van der Waals surface area contributed by atoms with Gasteiger partial charge in [-0.3, -0.25) is 14.6 Å². The van der Waals surface area contributed by atoms with Crippen molar-refractivity contribution in [2.75, 3.05) is 6.54 Å². The summed E-state index contributed by atoms with van der Waals surface area (Å²) in [5.41, 5.74) is 5.71. The molecule has 6 heteroatoms. The number of aromatic amines is 1. The molecule has 0 unspecified atom stereocenters. The summed E-state index contributed by atoms with van der Waals surface area (Å²) in [5, 5.41) is 12.9. The summed E-state index contributed by atoms with van der Waals surface area (Å²) < 4.78 is 2.03. The molecule has 0 bridgehead atoms. The molecule has 1 aliphatic rings. The number of fused-ring (bicyclic) bond motifs is 2. The lowest BCUT2D eigenvalue weighted by atomic mass is 10.1. The summed E-state index contributed by atoms with van der Waals surface area (Å²) in [6.07, 6.45) is 0.871. The number of amides is 1. The SMILES string of the molecule is Cc1ccc(-c2cc3n(n2)CCCN(C(=O)c2n[nH]c4ccccc24)C3)cc1. The first-order chi connectivity index (χ1) is 13.7. The van der Waals surface area contributed by atoms with E-state index in [1.165, 1.54) is 5.56 Å². The number of carbonyl (C=O) groups excluding carboxylic acids is 1. The van der Waals surface area contributed by atoms with Gasteiger partial charge >= 0.3 is 0 Å². The number of carbonyl (C=O) groups is 1. The molecule has 0 atom stereocenters. The molecule has 2 aromatic carbocycles. The molecule has 1 aliphatic heterocycles. The van der Waals surface area contributed by atoms with E-state index in [1.54, 1.807) is 0 Å². The monoisotopic (exact) mass is 371 g/mol. The van der Waals surface area contributed by atoms with Crippen LogP contribution in [-0.2, 0) is 13.1 Å². The highest BCUT2D eigenvalue weighted by Gasteiger charge is 2.25. The van der Waals surface area contributed by atoms with Gasteiger partial charge in [0.2, 0.25) is 0 Å². The van der Waals surface area contributed by atoms with E-state index in [1.807, 2.05) is 33.8 Å². The molecule has 0 aliphatic carbocycles. The number of aromatic nitrogens is 4. The molecular weight excluding hydrogens is 350 g/mol. The number of hydrogen-bond acceptors (Lipinski definition) is 3. The molecule has 3 heterocycles. The molecule has 0 radical (unpaired) electrons. The average molecular weight is 371 g/mol. The minimum absolute atomic E-state index is 0.0380. The Hall–Kier alpha value is -3.41. The van der Waals surface area contributed by atoms with Crippen molar-refractivity contribution in [3.63, 3.8) is 0 Å². The number of benzene rings is 2. The van der Waals surface area contributed by atoms with Crippen molar-refractivity contribution >= 4 is 16.8 Å². The molecule has 28 heavy (non-hydrogen) atoms. The molecular formula is C22H21N5O. The van der Waals surface area contributed by atoms with Crippen LogP contribution in [0.5, 0.6) is 0 Å². The van der Waals surface area contributed by atoms with Crippen molar-refractivity contribution in [3.05, 3.63) is 71.5 Å². The van der Waals surface area contributed by atoms with Gasteiger partial charge in [-0.2, -0.15) is 10.2 Å². The quantitative estimate of drug-likeness (QED) is 0.583. The molecule has 6 nitrogen and oxygen atoms in total. The lowest BCUT2D eigenvalue weighted by Gasteiger charge is -2.18. The maximum Gasteiger partial charge on any atom is 0.275 e. The first-order valence-corrected chi connectivity index (χ1v) is 9.55. The molecule has 140 valence electrons. The zero-order valence-electron chi connectivity index (χ0n) is 15.7. The van der Waals surface area contributed by atoms with Crippen LogP contribution in [0.3, 0.4) is 0 Å². The number of H-pyrrole nitrogens is 1. The van der Waals surface area contributed by atoms with Gasteiger partial charge in [-0.1, -0.05) is 48.0 Å². The van der Waals surface area contributed by atoms with Gasteiger partial charge in [-0.15, -0.1) is 0 Å². The third kappa shape index (κ3) is 2.87. The Morgan fingerprint density at radius 3 is 2.75 bits per heavy atom. The highest BCUT2D eigenvalue weighted by molar-refractivity contribution is 6.04. The summed E-state index contributed by atoms with van der Waals surface area (Å²) >= 11 is 0. The maximum absolute atomic E-state index is 13.2. The fraction of sp³-hybridized carbons (Fsp3) is 0.227. The van der Waals surface area contributed by atoms with Gasteiger partial charge in [0.05, 0.1) is 23.4 Å². The minimum Gasteiger partial charge on any atom is -0.331 e. The standard InChI is InChI=1S/C22H21N5O/c1-15-7-9-16(10-8-15)20-13-17-14-26(11-4-12-27(17)25-20)22(28)21-18-5-2-3-6-19(18)23-24-21/h2-3,5-10,13H,4,11-12,14H2,1H3,(H,23,24). The van der Waals surface area contributed by atoms with Crippen LogP contribution in [0.15, 0.2) is 54.6 Å². The topological polar surface area (TPSA) is 66.8 Å². The van der Waals surface area contributed by atoms with Crippen molar-refractivity contribution in [1.82, 2.24) is 24.9 Å². The predicted molar refractivity (Wildman–Crippen MR) is 108 cm³/mol. The van der Waals surface area contributed by atoms with Gasteiger partial charge in [0.1, 0.15) is 0 Å². The van der Waals surface area contributed by atoms with E-state index in [9.17, 15) is 4.79 Å². The van der Waals surface area contributed by atoms with Gasteiger partial charge in [-0.05, 0) is 25.5 Å². The highest BCUT2D eigenvalue weighted by atomic mass is 16.2. The van der Waals surface area contributed by atoms with Crippen LogP contribution in [0.1, 0.15) is 28.2 Å². The number of rotatable bonds is 2. The van der Waals surface area contributed by atoms with Gasteiger partial charge < -0.3 is 4.90 Å². The molecule has 1 amide bonds. The number of nitrogens with zero attached hydrogens (tertiary/aromatic N) is 4. The fourth-order valence-corrected chi connectivity index (χ4v) is 3.78. The van der Waals surface area contributed by atoms with Crippen LogP contribution in [-0.4, -0.2) is 37.3 Å². The molecule has 0 fully saturated rings. The molecule has 0 spiro atoms. The Bertz CT molecular complexity index is 1160. The van der Waals surface area contributed by atoms with Crippen LogP contribution >= 0.6 is 0 Å². The van der Waals surface area contributed by atoms with E-state index >= 15 is 0 Å². The number of aryl methyl sites for hydroxylation is 2. The summed E-state index contributed by atoms with van der Waals surface area (Å²) in [4.78, 5) is 15.0. The zero-order chi connectivity index (χ0) is 19.1. The predicted octanol–water partition coefficient (Wildman–Crippen LogP) is 3.78. The first-order valence-electron chi connectivity index (χ1n) is 9.55. The van der Waals surface area contributed by atoms with E-state index in [0.717, 1.165) is 40.8 Å². The van der Waals surface area contributed by atoms with E-state index in [2.05, 4.69) is 47.5 Å². The molecule has 4 aromatic rings. The zero-order valence-corrected chi connectivity index (χ0v) is 15.7. The van der Waals surface area contributed by atoms with Crippen LogP contribution in [0.2, 0.25) is 0 Å². The second kappa shape index (κ2) is 6.64. The largest absolute Gasteiger partial charge is 0.331 e. The van der Waals surface area contributed by atoms with E-state index < -0.39 is 0 Å². The number of hydrogen-bond donors (Lipinski definition) is 1. The Labute approximate surface area is 162 Å². The summed E-state index contributed by atoms with van der Waals surface area (Å²) in [6, 6.07) is 18.2. The number of nitrogens with one attached hydrogen (secondary N) is 1. The van der Waals surface area contributed by atoms with Crippen molar-refractivity contribution in [2.24, 2.45) is 0 Å². The van der Waals surface area contributed by atoms with E-state index in [-0.39, 0.29) is 5.91 Å². The minimum atomic E-state index is -0.0380. The van der Waals surface area contributed by atoms with Crippen LogP contribution in [0.4, 0.5) is 0 Å². The Morgan fingerprint density at radius 2 is 1.89 bits per heavy atom. The van der Waals surface area contributed by atoms with Crippen molar-refractivity contribution in [3.8, 4) is 11.3 Å². The molecule has 0 saturated heterocycles. The summed E-state index contributed by atoms with van der Waals surface area (Å²) in [6.45, 7) is 4.13. The summed E-state index contributed by atoms with van der Waals surface area (Å²) in [7, 11) is 0. The smallest absolute Gasteiger partial charge is 0.275 e. The third-order valence-electron chi connectivity index (χ3n) is 5.32. The Balaban J connectivity index is 1.45. The van der Waals surface area contributed by atoms with Gasteiger partial charge in [-0.25, -0.2) is 0 Å². The normalized spacial score (nSPS) is 14.1. The average Bonchev–Trinajstić information content (AvgIpc) is 3.27. The lowest BCUT2D eigenvalue weighted by molar-refractivity contribution is 0.0741.